The van der Waals surface area contributed by atoms with Gasteiger partial charge in [-0.25, -0.2) is 0 Å². The van der Waals surface area contributed by atoms with Crippen LogP contribution in [0.15, 0.2) is 85.0 Å². The smallest absolute Gasteiger partial charge is 0.249 e. The number of anilines is 1. The van der Waals surface area contributed by atoms with Crippen LogP contribution in [0.25, 0.3) is 0 Å². The number of para-hydroxylation sites is 1. The van der Waals surface area contributed by atoms with Gasteiger partial charge in [0.2, 0.25) is 17.7 Å². The first-order valence-electron chi connectivity index (χ1n) is 13.9. The van der Waals surface area contributed by atoms with Gasteiger partial charge in [0.25, 0.3) is 0 Å². The number of fused-ring (bicyclic) bond motifs is 2. The van der Waals surface area contributed by atoms with E-state index in [0.29, 0.717) is 18.7 Å². The number of aliphatic hydroxyl groups is 1. The lowest BCUT2D eigenvalue weighted by Crippen LogP contribution is -2.59. The largest absolute Gasteiger partial charge is 0.394 e. The number of ether oxygens (including phenoxy) is 1. The van der Waals surface area contributed by atoms with Gasteiger partial charge in [0, 0.05) is 24.3 Å². The number of nitrogens with zero attached hydrogens (tertiary/aromatic N) is 3. The van der Waals surface area contributed by atoms with Gasteiger partial charge in [0.15, 0.2) is 0 Å². The van der Waals surface area contributed by atoms with Crippen LogP contribution in [0.2, 0.25) is 0 Å². The van der Waals surface area contributed by atoms with Crippen LogP contribution in [-0.2, 0) is 19.1 Å². The molecule has 8 nitrogen and oxygen atoms in total. The van der Waals surface area contributed by atoms with E-state index in [4.69, 9.17) is 4.74 Å². The molecule has 40 heavy (non-hydrogen) atoms. The molecular formula is C32H35N3O5. The first-order chi connectivity index (χ1) is 19.2. The van der Waals surface area contributed by atoms with Gasteiger partial charge in [-0.05, 0) is 38.5 Å². The van der Waals surface area contributed by atoms with Crippen LogP contribution in [0.3, 0.4) is 0 Å². The van der Waals surface area contributed by atoms with Crippen LogP contribution in [0.4, 0.5) is 5.69 Å². The molecule has 4 heterocycles. The molecule has 0 radical (unpaired) electrons. The molecule has 0 bridgehead atoms. The molecule has 2 aromatic rings. The normalized spacial score (nSPS) is 30.6. The van der Waals surface area contributed by atoms with Crippen LogP contribution in [0.5, 0.6) is 0 Å². The van der Waals surface area contributed by atoms with Crippen molar-refractivity contribution in [1.82, 2.24) is 9.80 Å². The minimum atomic E-state index is -1.36. The monoisotopic (exact) mass is 541 g/mol. The summed E-state index contributed by atoms with van der Waals surface area (Å²) < 4.78 is 6.75. The fourth-order valence-electron chi connectivity index (χ4n) is 6.89. The Morgan fingerprint density at radius 2 is 1.60 bits per heavy atom. The molecule has 0 aliphatic carbocycles. The molecule has 6 rings (SSSR count). The maximum Gasteiger partial charge on any atom is 0.249 e. The zero-order valence-corrected chi connectivity index (χ0v) is 23.0. The number of likely N-dealkylation sites (tertiary alicyclic amines) is 1. The van der Waals surface area contributed by atoms with Crippen molar-refractivity contribution in [2.24, 2.45) is 11.8 Å². The topological polar surface area (TPSA) is 90.4 Å². The lowest BCUT2D eigenvalue weighted by molar-refractivity contribution is -0.153. The number of benzene rings is 2. The lowest BCUT2D eigenvalue weighted by atomic mass is 9.77. The van der Waals surface area contributed by atoms with Gasteiger partial charge in [0.05, 0.1) is 30.6 Å². The molecular weight excluding hydrogens is 506 g/mol. The number of carbonyl (C=O) groups excluding carboxylic acids is 3. The van der Waals surface area contributed by atoms with Gasteiger partial charge in [-0.2, -0.15) is 0 Å². The number of hydrogen-bond acceptors (Lipinski definition) is 5. The molecule has 2 saturated heterocycles. The summed E-state index contributed by atoms with van der Waals surface area (Å²) in [6.07, 6.45) is 6.82. The highest BCUT2D eigenvalue weighted by Gasteiger charge is 2.73. The van der Waals surface area contributed by atoms with Crippen molar-refractivity contribution in [3.63, 3.8) is 0 Å². The number of carbonyl (C=O) groups is 3. The predicted molar refractivity (Wildman–Crippen MR) is 150 cm³/mol. The van der Waals surface area contributed by atoms with E-state index >= 15 is 0 Å². The summed E-state index contributed by atoms with van der Waals surface area (Å²) in [7, 11) is 0. The standard InChI is InChI=1S/C32H35N3O5/c1-31(2,3)34-19-11-17-32-26(25-24(40-32)16-10-18-33(28(25)37)22-14-8-5-9-15-22)29(38)35(27(32)30(34)39)23(20-36)21-12-6-4-7-13-21/h4-17,23-27,36H,18-20H2,1-3H3/t23-,24+,25-,26+,27?,32+/m1/s1. The molecule has 3 amide bonds. The van der Waals surface area contributed by atoms with Gasteiger partial charge in [-0.15, -0.1) is 0 Å². The third-order valence-electron chi connectivity index (χ3n) is 8.67. The van der Waals surface area contributed by atoms with Gasteiger partial charge >= 0.3 is 0 Å². The average Bonchev–Trinajstić information content (AvgIpc) is 3.24. The molecule has 1 unspecified atom stereocenters. The molecule has 1 N–H and O–H groups in total. The molecule has 2 aromatic carbocycles. The maximum atomic E-state index is 14.6. The van der Waals surface area contributed by atoms with E-state index in [0.717, 1.165) is 5.69 Å². The van der Waals surface area contributed by atoms with E-state index in [1.807, 2.05) is 106 Å². The van der Waals surface area contributed by atoms with Crippen molar-refractivity contribution < 1.29 is 24.2 Å². The molecule has 4 aliphatic rings. The van der Waals surface area contributed by atoms with E-state index < -0.39 is 41.2 Å². The van der Waals surface area contributed by atoms with Gasteiger partial charge in [-0.1, -0.05) is 72.8 Å². The lowest BCUT2D eigenvalue weighted by Gasteiger charge is -2.42. The van der Waals surface area contributed by atoms with Crippen molar-refractivity contribution in [3.05, 3.63) is 90.5 Å². The second-order valence-electron chi connectivity index (χ2n) is 11.9. The Hall–Kier alpha value is -3.75. The van der Waals surface area contributed by atoms with Crippen molar-refractivity contribution in [3.8, 4) is 0 Å². The quantitative estimate of drug-likeness (QED) is 0.601. The minimum Gasteiger partial charge on any atom is -0.394 e. The van der Waals surface area contributed by atoms with Crippen molar-refractivity contribution >= 4 is 23.4 Å². The van der Waals surface area contributed by atoms with Crippen molar-refractivity contribution in [2.75, 3.05) is 24.6 Å². The van der Waals surface area contributed by atoms with Gasteiger partial charge in [0.1, 0.15) is 11.6 Å². The Morgan fingerprint density at radius 3 is 2.25 bits per heavy atom. The molecule has 0 saturated carbocycles. The fourth-order valence-corrected chi connectivity index (χ4v) is 6.89. The zero-order chi connectivity index (χ0) is 28.2. The Labute approximate surface area is 234 Å². The van der Waals surface area contributed by atoms with Gasteiger partial charge in [-0.3, -0.25) is 14.4 Å². The first kappa shape index (κ1) is 26.5. The maximum absolute atomic E-state index is 14.6. The highest BCUT2D eigenvalue weighted by Crippen LogP contribution is 2.55. The highest BCUT2D eigenvalue weighted by atomic mass is 16.5. The van der Waals surface area contributed by atoms with Gasteiger partial charge < -0.3 is 24.5 Å². The number of hydrogen-bond donors (Lipinski definition) is 1. The van der Waals surface area contributed by atoms with Crippen LogP contribution >= 0.6 is 0 Å². The Balaban J connectivity index is 1.51. The number of rotatable bonds is 4. The summed E-state index contributed by atoms with van der Waals surface area (Å²) in [5, 5.41) is 10.6. The molecule has 8 heteroatoms. The van der Waals surface area contributed by atoms with Crippen molar-refractivity contribution in [2.45, 2.75) is 50.1 Å². The highest BCUT2D eigenvalue weighted by molar-refractivity contribution is 6.04. The molecule has 208 valence electrons. The van der Waals surface area contributed by atoms with Crippen LogP contribution in [-0.4, -0.2) is 75.6 Å². The van der Waals surface area contributed by atoms with E-state index in [1.165, 1.54) is 4.90 Å². The predicted octanol–water partition coefficient (Wildman–Crippen LogP) is 3.10. The van der Waals surface area contributed by atoms with Crippen LogP contribution in [0, 0.1) is 11.8 Å². The second kappa shape index (κ2) is 9.71. The van der Waals surface area contributed by atoms with E-state index in [-0.39, 0.29) is 24.3 Å². The van der Waals surface area contributed by atoms with Crippen LogP contribution in [0.1, 0.15) is 32.4 Å². The second-order valence-corrected chi connectivity index (χ2v) is 11.9. The number of aliphatic hydroxyl groups excluding tert-OH is 1. The Bertz CT molecular complexity index is 1370. The third kappa shape index (κ3) is 3.92. The summed E-state index contributed by atoms with van der Waals surface area (Å²) in [6, 6.07) is 16.8. The summed E-state index contributed by atoms with van der Waals surface area (Å²) in [5.74, 6) is -2.58. The fraction of sp³-hybridized carbons (Fsp3) is 0.406. The molecule has 1 spiro atoms. The summed E-state index contributed by atoms with van der Waals surface area (Å²) in [6.45, 7) is 6.21. The van der Waals surface area contributed by atoms with E-state index in [2.05, 4.69) is 0 Å². The molecule has 6 atom stereocenters. The Morgan fingerprint density at radius 1 is 0.925 bits per heavy atom. The minimum absolute atomic E-state index is 0.213. The molecule has 4 aliphatic heterocycles. The summed E-state index contributed by atoms with van der Waals surface area (Å²) in [5.41, 5.74) is -0.428. The SMILES string of the molecule is CC(C)(C)N1CC=C[C@]23O[C@H]4C=CCN(c5ccccc5)C(=O)[C@H]4[C@H]2C(=O)N([C@H](CO)c2ccccc2)C3C1=O. The Kier molecular flexibility index (Phi) is 6.43. The summed E-state index contributed by atoms with van der Waals surface area (Å²) in [4.78, 5) is 48.3. The molecule has 2 fully saturated rings. The van der Waals surface area contributed by atoms with Crippen LogP contribution < -0.4 is 4.90 Å². The van der Waals surface area contributed by atoms with E-state index in [9.17, 15) is 19.5 Å². The third-order valence-corrected chi connectivity index (χ3v) is 8.67. The van der Waals surface area contributed by atoms with E-state index in [1.54, 1.807) is 9.80 Å². The summed E-state index contributed by atoms with van der Waals surface area (Å²) >= 11 is 0. The number of amides is 3. The molecule has 0 aromatic heterocycles. The zero-order valence-electron chi connectivity index (χ0n) is 23.0. The first-order valence-corrected chi connectivity index (χ1v) is 13.9. The van der Waals surface area contributed by atoms with Crippen molar-refractivity contribution in [1.29, 1.82) is 0 Å². The average molecular weight is 542 g/mol.